The van der Waals surface area contributed by atoms with Crippen LogP contribution in [0, 0.1) is 5.41 Å². The Balaban J connectivity index is 2.01. The molecule has 0 spiro atoms. The van der Waals surface area contributed by atoms with E-state index in [1.54, 1.807) is 4.90 Å². The van der Waals surface area contributed by atoms with E-state index in [1.165, 1.54) is 11.8 Å². The minimum Gasteiger partial charge on any atom is -0.394 e. The van der Waals surface area contributed by atoms with Gasteiger partial charge in [-0.25, -0.2) is 0 Å². The SMILES string of the molecule is N=C1CN([C@@H]2O[C@H](CO)[C@@H](O)[C@H]2O)CS1. The molecule has 0 saturated carbocycles. The van der Waals surface area contributed by atoms with Crippen LogP contribution < -0.4 is 0 Å². The molecule has 0 aromatic rings. The number of hydrogen-bond donors (Lipinski definition) is 4. The molecule has 2 fully saturated rings. The molecule has 0 unspecified atom stereocenters. The maximum absolute atomic E-state index is 9.70. The summed E-state index contributed by atoms with van der Waals surface area (Å²) < 4.78 is 5.33. The quantitative estimate of drug-likeness (QED) is 0.460. The second-order valence-corrected chi connectivity index (χ2v) is 4.71. The summed E-state index contributed by atoms with van der Waals surface area (Å²) >= 11 is 1.38. The number of thioether (sulfide) groups is 1. The Kier molecular flexibility index (Phi) is 3.29. The van der Waals surface area contributed by atoms with E-state index < -0.39 is 24.5 Å². The van der Waals surface area contributed by atoms with Crippen LogP contribution >= 0.6 is 11.8 Å². The van der Waals surface area contributed by atoms with Crippen LogP contribution in [0.25, 0.3) is 0 Å². The molecule has 2 aliphatic rings. The smallest absolute Gasteiger partial charge is 0.141 e. The molecule has 7 heteroatoms. The van der Waals surface area contributed by atoms with Crippen molar-refractivity contribution in [1.82, 2.24) is 4.90 Å². The first-order chi connectivity index (χ1) is 7.13. The lowest BCUT2D eigenvalue weighted by atomic mass is 10.1. The fourth-order valence-corrected chi connectivity index (χ4v) is 2.60. The second kappa shape index (κ2) is 4.36. The molecule has 0 aromatic heterocycles. The molecule has 2 aliphatic heterocycles. The summed E-state index contributed by atoms with van der Waals surface area (Å²) in [6.07, 6.45) is -3.43. The van der Waals surface area contributed by atoms with Gasteiger partial charge >= 0.3 is 0 Å². The van der Waals surface area contributed by atoms with Crippen molar-refractivity contribution in [2.24, 2.45) is 0 Å². The van der Waals surface area contributed by atoms with Crippen molar-refractivity contribution in [2.75, 3.05) is 19.0 Å². The van der Waals surface area contributed by atoms with Crippen LogP contribution in [0.5, 0.6) is 0 Å². The zero-order valence-electron chi connectivity index (χ0n) is 8.04. The average molecular weight is 234 g/mol. The molecule has 2 heterocycles. The Morgan fingerprint density at radius 3 is 2.67 bits per heavy atom. The molecule has 2 rings (SSSR count). The average Bonchev–Trinajstić information content (AvgIpc) is 2.74. The number of rotatable bonds is 2. The van der Waals surface area contributed by atoms with Gasteiger partial charge in [-0.1, -0.05) is 11.8 Å². The highest BCUT2D eigenvalue weighted by Gasteiger charge is 2.46. The third-order valence-corrected chi connectivity index (χ3v) is 3.57. The fraction of sp³-hybridized carbons (Fsp3) is 0.875. The van der Waals surface area contributed by atoms with Crippen molar-refractivity contribution in [1.29, 1.82) is 5.41 Å². The van der Waals surface area contributed by atoms with Crippen LogP contribution in [0.2, 0.25) is 0 Å². The van der Waals surface area contributed by atoms with Crippen molar-refractivity contribution in [2.45, 2.75) is 24.5 Å². The summed E-state index contributed by atoms with van der Waals surface area (Å²) in [5.41, 5.74) is 0. The van der Waals surface area contributed by atoms with E-state index in [1.807, 2.05) is 0 Å². The summed E-state index contributed by atoms with van der Waals surface area (Å²) in [5.74, 6) is 0.575. The molecule has 0 bridgehead atoms. The standard InChI is InChI=1S/C8H14N2O4S/c9-5-1-10(3-15-5)8-7(13)6(12)4(2-11)14-8/h4,6-9,11-13H,1-3H2/t4-,6-,7-,8-/m1/s1. The topological polar surface area (TPSA) is 97.0 Å². The molecule has 6 nitrogen and oxygen atoms in total. The van der Waals surface area contributed by atoms with E-state index in [-0.39, 0.29) is 6.61 Å². The predicted octanol–water partition coefficient (Wildman–Crippen LogP) is -1.59. The number of aliphatic hydroxyl groups is 3. The van der Waals surface area contributed by atoms with E-state index in [2.05, 4.69) is 0 Å². The van der Waals surface area contributed by atoms with Crippen molar-refractivity contribution in [3.63, 3.8) is 0 Å². The van der Waals surface area contributed by atoms with Crippen LogP contribution in [0.15, 0.2) is 0 Å². The zero-order chi connectivity index (χ0) is 11.0. The maximum atomic E-state index is 9.70. The van der Waals surface area contributed by atoms with Crippen molar-refractivity contribution < 1.29 is 20.1 Å². The van der Waals surface area contributed by atoms with Gasteiger partial charge in [0.2, 0.25) is 0 Å². The Labute approximate surface area is 91.3 Å². The Hall–Kier alpha value is -0.180. The summed E-state index contributed by atoms with van der Waals surface area (Å²) in [7, 11) is 0. The number of nitrogens with zero attached hydrogens (tertiary/aromatic N) is 1. The van der Waals surface area contributed by atoms with E-state index in [9.17, 15) is 10.2 Å². The molecule has 0 radical (unpaired) electrons. The molecule has 0 aliphatic carbocycles. The number of aliphatic hydroxyl groups excluding tert-OH is 3. The van der Waals surface area contributed by atoms with Gasteiger partial charge in [-0.3, -0.25) is 10.3 Å². The monoisotopic (exact) mass is 234 g/mol. The van der Waals surface area contributed by atoms with E-state index in [4.69, 9.17) is 15.3 Å². The first kappa shape index (κ1) is 11.3. The number of hydrogen-bond acceptors (Lipinski definition) is 7. The lowest BCUT2D eigenvalue weighted by Gasteiger charge is -2.24. The zero-order valence-corrected chi connectivity index (χ0v) is 8.85. The highest BCUT2D eigenvalue weighted by molar-refractivity contribution is 8.14. The van der Waals surface area contributed by atoms with Crippen molar-refractivity contribution >= 4 is 16.8 Å². The van der Waals surface area contributed by atoms with Gasteiger partial charge in [-0.15, -0.1) is 0 Å². The van der Waals surface area contributed by atoms with Gasteiger partial charge < -0.3 is 20.1 Å². The molecular formula is C8H14N2O4S. The van der Waals surface area contributed by atoms with Gasteiger partial charge in [0.1, 0.15) is 24.5 Å². The second-order valence-electron chi connectivity index (χ2n) is 3.67. The van der Waals surface area contributed by atoms with Crippen LogP contribution in [0.4, 0.5) is 0 Å². The van der Waals surface area contributed by atoms with Gasteiger partial charge in [0.05, 0.1) is 17.5 Å². The maximum Gasteiger partial charge on any atom is 0.141 e. The molecule has 4 atom stereocenters. The predicted molar refractivity (Wildman–Crippen MR) is 54.7 cm³/mol. The summed E-state index contributed by atoms with van der Waals surface area (Å²) in [6.45, 7) is 0.115. The first-order valence-corrected chi connectivity index (χ1v) is 5.68. The molecule has 2 saturated heterocycles. The van der Waals surface area contributed by atoms with E-state index in [0.717, 1.165) is 0 Å². The van der Waals surface area contributed by atoms with Gasteiger partial charge in [0.25, 0.3) is 0 Å². The van der Waals surface area contributed by atoms with E-state index in [0.29, 0.717) is 17.5 Å². The third kappa shape index (κ3) is 2.03. The molecular weight excluding hydrogens is 220 g/mol. The highest BCUT2D eigenvalue weighted by Crippen LogP contribution is 2.28. The lowest BCUT2D eigenvalue weighted by molar-refractivity contribution is -0.0838. The van der Waals surface area contributed by atoms with Crippen LogP contribution in [-0.2, 0) is 4.74 Å². The van der Waals surface area contributed by atoms with Gasteiger partial charge in [-0.05, 0) is 0 Å². The summed E-state index contributed by atoms with van der Waals surface area (Å²) in [4.78, 5) is 1.77. The largest absolute Gasteiger partial charge is 0.394 e. The van der Waals surface area contributed by atoms with Crippen LogP contribution in [0.3, 0.4) is 0 Å². The van der Waals surface area contributed by atoms with Crippen molar-refractivity contribution in [3.05, 3.63) is 0 Å². The number of nitrogens with one attached hydrogen (secondary N) is 1. The molecule has 4 N–H and O–H groups in total. The Morgan fingerprint density at radius 1 is 1.47 bits per heavy atom. The van der Waals surface area contributed by atoms with Gasteiger partial charge in [-0.2, -0.15) is 0 Å². The minimum atomic E-state index is -1.06. The molecule has 0 aromatic carbocycles. The normalized spacial score (nSPS) is 42.7. The molecule has 86 valence electrons. The minimum absolute atomic E-state index is 0.312. The molecule has 0 amide bonds. The highest BCUT2D eigenvalue weighted by atomic mass is 32.2. The summed E-state index contributed by atoms with van der Waals surface area (Å²) in [6, 6.07) is 0. The Morgan fingerprint density at radius 2 is 2.20 bits per heavy atom. The third-order valence-electron chi connectivity index (χ3n) is 2.63. The van der Waals surface area contributed by atoms with E-state index >= 15 is 0 Å². The number of ether oxygens (including phenoxy) is 1. The first-order valence-electron chi connectivity index (χ1n) is 4.70. The summed E-state index contributed by atoms with van der Waals surface area (Å²) in [5, 5.41) is 36.1. The van der Waals surface area contributed by atoms with Crippen molar-refractivity contribution in [3.8, 4) is 0 Å². The fourth-order valence-electron chi connectivity index (χ4n) is 1.78. The lowest BCUT2D eigenvalue weighted by Crippen LogP contribution is -2.42. The molecule has 15 heavy (non-hydrogen) atoms. The van der Waals surface area contributed by atoms with Gasteiger partial charge in [0, 0.05) is 6.54 Å². The van der Waals surface area contributed by atoms with Gasteiger partial charge in [0.15, 0.2) is 0 Å². The van der Waals surface area contributed by atoms with Crippen LogP contribution in [0.1, 0.15) is 0 Å². The Bertz CT molecular complexity index is 265. The van der Waals surface area contributed by atoms with Crippen LogP contribution in [-0.4, -0.2) is 68.8 Å².